The van der Waals surface area contributed by atoms with Crippen LogP contribution in [0.1, 0.15) is 23.8 Å². The summed E-state index contributed by atoms with van der Waals surface area (Å²) in [6.07, 6.45) is 5.06. The van der Waals surface area contributed by atoms with Crippen molar-refractivity contribution < 1.29 is 4.79 Å². The fourth-order valence-corrected chi connectivity index (χ4v) is 0.950. The van der Waals surface area contributed by atoms with Crippen molar-refractivity contribution in [3.05, 3.63) is 24.3 Å². The van der Waals surface area contributed by atoms with E-state index in [1.807, 2.05) is 6.92 Å². The Bertz CT molecular complexity index is 261. The van der Waals surface area contributed by atoms with Gasteiger partial charge in [0.25, 0.3) is 0 Å². The molecule has 0 aliphatic rings. The fraction of sp³-hybridized carbons (Fsp3) is 0.444. The van der Waals surface area contributed by atoms with E-state index in [1.165, 1.54) is 12.4 Å². The lowest BCUT2D eigenvalue weighted by atomic mass is 10.2. The summed E-state index contributed by atoms with van der Waals surface area (Å²) in [5, 5.41) is 3.08. The van der Waals surface area contributed by atoms with E-state index in [0.29, 0.717) is 18.7 Å². The predicted molar refractivity (Wildman–Crippen MR) is 49.5 cm³/mol. The van der Waals surface area contributed by atoms with Gasteiger partial charge in [0.05, 0.1) is 6.20 Å². The van der Waals surface area contributed by atoms with Gasteiger partial charge in [-0.1, -0.05) is 6.92 Å². The molecule has 0 aromatic carbocycles. The van der Waals surface area contributed by atoms with Gasteiger partial charge in [0.2, 0.25) is 0 Å². The lowest BCUT2D eigenvalue weighted by Crippen LogP contribution is -2.18. The molecule has 0 aliphatic carbocycles. The Morgan fingerprint density at radius 1 is 1.54 bits per heavy atom. The molecule has 4 heteroatoms. The second kappa shape index (κ2) is 5.37. The van der Waals surface area contributed by atoms with Gasteiger partial charge >= 0.3 is 0 Å². The number of nitrogens with one attached hydrogen (secondary N) is 1. The van der Waals surface area contributed by atoms with E-state index in [0.717, 1.165) is 6.54 Å². The molecule has 0 saturated heterocycles. The molecule has 0 spiro atoms. The quantitative estimate of drug-likeness (QED) is 0.533. The Morgan fingerprint density at radius 3 is 3.00 bits per heavy atom. The largest absolute Gasteiger partial charge is 0.317 e. The van der Waals surface area contributed by atoms with Gasteiger partial charge in [-0.3, -0.25) is 9.78 Å². The third-order valence-electron chi connectivity index (χ3n) is 1.63. The number of carbonyl (C=O) groups is 1. The summed E-state index contributed by atoms with van der Waals surface area (Å²) in [7, 11) is 0. The molecule has 4 nitrogen and oxygen atoms in total. The third-order valence-corrected chi connectivity index (χ3v) is 1.63. The Morgan fingerprint density at radius 2 is 2.38 bits per heavy atom. The van der Waals surface area contributed by atoms with E-state index in [-0.39, 0.29) is 5.78 Å². The number of nitrogens with zero attached hydrogens (tertiary/aromatic N) is 2. The van der Waals surface area contributed by atoms with E-state index in [1.54, 1.807) is 6.20 Å². The van der Waals surface area contributed by atoms with Gasteiger partial charge in [-0.2, -0.15) is 0 Å². The van der Waals surface area contributed by atoms with E-state index in [2.05, 4.69) is 15.3 Å². The second-order valence-electron chi connectivity index (χ2n) is 2.62. The monoisotopic (exact) mass is 179 g/mol. The maximum Gasteiger partial charge on any atom is 0.184 e. The van der Waals surface area contributed by atoms with E-state index >= 15 is 0 Å². The van der Waals surface area contributed by atoms with Crippen molar-refractivity contribution >= 4 is 5.78 Å². The standard InChI is InChI=1S/C9H13N3O/c1-2-10-4-3-9(13)8-7-11-5-6-12-8/h5-7,10H,2-4H2,1H3. The maximum absolute atomic E-state index is 11.4. The van der Waals surface area contributed by atoms with Gasteiger partial charge in [-0.25, -0.2) is 4.98 Å². The predicted octanol–water partition coefficient (Wildman–Crippen LogP) is 0.659. The Hall–Kier alpha value is -1.29. The number of carbonyl (C=O) groups excluding carboxylic acids is 1. The van der Waals surface area contributed by atoms with Crippen LogP contribution in [0.5, 0.6) is 0 Å². The molecular weight excluding hydrogens is 166 g/mol. The van der Waals surface area contributed by atoms with Crippen molar-refractivity contribution in [2.75, 3.05) is 13.1 Å². The SMILES string of the molecule is CCNCCC(=O)c1cnccn1. The topological polar surface area (TPSA) is 54.9 Å². The molecule has 70 valence electrons. The first-order valence-corrected chi connectivity index (χ1v) is 4.34. The molecule has 0 amide bonds. The molecule has 0 radical (unpaired) electrons. The van der Waals surface area contributed by atoms with Gasteiger partial charge < -0.3 is 5.32 Å². The maximum atomic E-state index is 11.4. The molecule has 1 aromatic rings. The van der Waals surface area contributed by atoms with Crippen molar-refractivity contribution in [2.45, 2.75) is 13.3 Å². The number of rotatable bonds is 5. The zero-order valence-electron chi connectivity index (χ0n) is 7.66. The summed E-state index contributed by atoms with van der Waals surface area (Å²) in [5.74, 6) is 0.0362. The summed E-state index contributed by atoms with van der Waals surface area (Å²) in [5.41, 5.74) is 0.445. The van der Waals surface area contributed by atoms with Crippen LogP contribution >= 0.6 is 0 Å². The van der Waals surface area contributed by atoms with Crippen LogP contribution in [-0.2, 0) is 0 Å². The van der Waals surface area contributed by atoms with Crippen molar-refractivity contribution in [1.29, 1.82) is 0 Å². The number of hydrogen-bond donors (Lipinski definition) is 1. The van der Waals surface area contributed by atoms with Crippen molar-refractivity contribution in [3.63, 3.8) is 0 Å². The highest BCUT2D eigenvalue weighted by atomic mass is 16.1. The highest BCUT2D eigenvalue weighted by Gasteiger charge is 2.05. The lowest BCUT2D eigenvalue weighted by molar-refractivity contribution is 0.0977. The number of Topliss-reactive ketones (excluding diaryl/α,β-unsaturated/α-hetero) is 1. The smallest absolute Gasteiger partial charge is 0.184 e. The fourth-order valence-electron chi connectivity index (χ4n) is 0.950. The summed E-state index contributed by atoms with van der Waals surface area (Å²) in [6.45, 7) is 3.59. The molecule has 1 rings (SSSR count). The number of ketones is 1. The zero-order chi connectivity index (χ0) is 9.52. The third kappa shape index (κ3) is 3.29. The molecule has 0 fully saturated rings. The lowest BCUT2D eigenvalue weighted by Gasteiger charge is -1.99. The highest BCUT2D eigenvalue weighted by molar-refractivity contribution is 5.93. The summed E-state index contributed by atoms with van der Waals surface area (Å²) < 4.78 is 0. The second-order valence-corrected chi connectivity index (χ2v) is 2.62. The molecule has 1 N–H and O–H groups in total. The molecule has 1 aromatic heterocycles. The van der Waals surface area contributed by atoms with Crippen LogP contribution in [0, 0.1) is 0 Å². The van der Waals surface area contributed by atoms with Gasteiger partial charge in [0, 0.05) is 25.4 Å². The van der Waals surface area contributed by atoms with Crippen molar-refractivity contribution in [3.8, 4) is 0 Å². The van der Waals surface area contributed by atoms with E-state index in [4.69, 9.17) is 0 Å². The number of hydrogen-bond acceptors (Lipinski definition) is 4. The molecule has 0 atom stereocenters. The normalized spacial score (nSPS) is 9.92. The van der Waals surface area contributed by atoms with Gasteiger partial charge in [0.1, 0.15) is 5.69 Å². The average Bonchev–Trinajstić information content (AvgIpc) is 2.19. The van der Waals surface area contributed by atoms with Gasteiger partial charge in [-0.15, -0.1) is 0 Å². The minimum Gasteiger partial charge on any atom is -0.317 e. The highest BCUT2D eigenvalue weighted by Crippen LogP contribution is 1.95. The summed E-state index contributed by atoms with van der Waals surface area (Å²) in [4.78, 5) is 19.1. The molecule has 0 saturated carbocycles. The van der Waals surface area contributed by atoms with Crippen molar-refractivity contribution in [1.82, 2.24) is 15.3 Å². The molecular formula is C9H13N3O. The molecule has 0 aliphatic heterocycles. The van der Waals surface area contributed by atoms with Crippen LogP contribution < -0.4 is 5.32 Å². The first kappa shape index (κ1) is 9.80. The minimum atomic E-state index is 0.0362. The first-order valence-electron chi connectivity index (χ1n) is 4.34. The molecule has 0 bridgehead atoms. The number of aromatic nitrogens is 2. The molecule has 1 heterocycles. The van der Waals surface area contributed by atoms with E-state index in [9.17, 15) is 4.79 Å². The van der Waals surface area contributed by atoms with Crippen LogP contribution in [0.4, 0.5) is 0 Å². The molecule has 13 heavy (non-hydrogen) atoms. The van der Waals surface area contributed by atoms with Crippen LogP contribution in [-0.4, -0.2) is 28.8 Å². The molecule has 0 unspecified atom stereocenters. The van der Waals surface area contributed by atoms with Crippen LogP contribution in [0.25, 0.3) is 0 Å². The first-order chi connectivity index (χ1) is 6.34. The minimum absolute atomic E-state index is 0.0362. The Labute approximate surface area is 77.4 Å². The zero-order valence-corrected chi connectivity index (χ0v) is 7.66. The van der Waals surface area contributed by atoms with Crippen molar-refractivity contribution in [2.24, 2.45) is 0 Å². The van der Waals surface area contributed by atoms with E-state index < -0.39 is 0 Å². The summed E-state index contributed by atoms with van der Waals surface area (Å²) >= 11 is 0. The van der Waals surface area contributed by atoms with Crippen LogP contribution in [0.2, 0.25) is 0 Å². The average molecular weight is 179 g/mol. The van der Waals surface area contributed by atoms with Crippen LogP contribution in [0.3, 0.4) is 0 Å². The van der Waals surface area contributed by atoms with Gasteiger partial charge in [0.15, 0.2) is 5.78 Å². The Balaban J connectivity index is 2.40. The van der Waals surface area contributed by atoms with Gasteiger partial charge in [-0.05, 0) is 6.54 Å². The Kier molecular flexibility index (Phi) is 4.05. The summed E-state index contributed by atoms with van der Waals surface area (Å²) in [6, 6.07) is 0. The van der Waals surface area contributed by atoms with Crippen LogP contribution in [0.15, 0.2) is 18.6 Å².